The minimum atomic E-state index is 0.197. The molecule has 2 aliphatic carbocycles. The lowest BCUT2D eigenvalue weighted by Crippen LogP contribution is -2.46. The molecule has 0 bridgehead atoms. The van der Waals surface area contributed by atoms with Crippen molar-refractivity contribution in [3.05, 3.63) is 0 Å². The second kappa shape index (κ2) is 6.88. The van der Waals surface area contributed by atoms with Gasteiger partial charge in [-0.25, -0.2) is 0 Å². The molecular formula is C15H29NO2. The molecule has 0 aromatic carbocycles. The summed E-state index contributed by atoms with van der Waals surface area (Å²) in [7, 11) is 1.83. The summed E-state index contributed by atoms with van der Waals surface area (Å²) in [6, 6.07) is 0. The topological polar surface area (TPSA) is 30.5 Å². The van der Waals surface area contributed by atoms with Crippen molar-refractivity contribution >= 4 is 0 Å². The van der Waals surface area contributed by atoms with E-state index >= 15 is 0 Å². The van der Waals surface area contributed by atoms with Crippen LogP contribution in [0.15, 0.2) is 0 Å². The second-order valence-corrected chi connectivity index (χ2v) is 5.90. The van der Waals surface area contributed by atoms with E-state index in [9.17, 15) is 0 Å². The van der Waals surface area contributed by atoms with Crippen molar-refractivity contribution in [3.8, 4) is 0 Å². The van der Waals surface area contributed by atoms with Crippen LogP contribution in [-0.2, 0) is 9.47 Å². The summed E-state index contributed by atoms with van der Waals surface area (Å²) in [5.74, 6) is 0. The van der Waals surface area contributed by atoms with Crippen LogP contribution < -0.4 is 5.32 Å². The maximum Gasteiger partial charge on any atom is 0.0698 e. The first-order valence-electron chi connectivity index (χ1n) is 7.69. The summed E-state index contributed by atoms with van der Waals surface area (Å²) >= 11 is 0. The Labute approximate surface area is 112 Å². The Balaban J connectivity index is 1.78. The third kappa shape index (κ3) is 3.69. The molecule has 0 heterocycles. The molecule has 2 atom stereocenters. The smallest absolute Gasteiger partial charge is 0.0698 e. The molecule has 3 heteroatoms. The van der Waals surface area contributed by atoms with Gasteiger partial charge in [-0.05, 0) is 64.5 Å². The van der Waals surface area contributed by atoms with Gasteiger partial charge >= 0.3 is 0 Å². The number of rotatable bonds is 7. The third-order valence-corrected chi connectivity index (χ3v) is 4.60. The highest BCUT2D eigenvalue weighted by Gasteiger charge is 2.40. The first kappa shape index (κ1) is 14.3. The zero-order chi connectivity index (χ0) is 12.8. The maximum absolute atomic E-state index is 6.47. The molecule has 18 heavy (non-hydrogen) atoms. The minimum Gasteiger partial charge on any atom is -0.381 e. The van der Waals surface area contributed by atoms with Gasteiger partial charge in [0.1, 0.15) is 0 Å². The molecule has 0 radical (unpaired) electrons. The van der Waals surface area contributed by atoms with Gasteiger partial charge in [0, 0.05) is 7.11 Å². The monoisotopic (exact) mass is 255 g/mol. The van der Waals surface area contributed by atoms with Gasteiger partial charge in [0.25, 0.3) is 0 Å². The number of methoxy groups -OCH3 is 1. The average molecular weight is 255 g/mol. The summed E-state index contributed by atoms with van der Waals surface area (Å²) in [5.41, 5.74) is 0.197. The molecular weight excluding hydrogens is 226 g/mol. The van der Waals surface area contributed by atoms with Crippen LogP contribution in [0.5, 0.6) is 0 Å². The Kier molecular flexibility index (Phi) is 5.46. The highest BCUT2D eigenvalue weighted by molar-refractivity contribution is 4.92. The molecule has 106 valence electrons. The third-order valence-electron chi connectivity index (χ3n) is 4.60. The highest BCUT2D eigenvalue weighted by Crippen LogP contribution is 2.41. The lowest BCUT2D eigenvalue weighted by atomic mass is 9.77. The van der Waals surface area contributed by atoms with Crippen molar-refractivity contribution in [2.45, 2.75) is 76.1 Å². The SMILES string of the molecule is CCNCCC1(OC2CCCC(OC)C2)CCC1. The molecule has 2 fully saturated rings. The molecule has 0 aromatic rings. The Hall–Kier alpha value is -0.120. The average Bonchev–Trinajstić information content (AvgIpc) is 2.36. The van der Waals surface area contributed by atoms with Crippen LogP contribution in [0.4, 0.5) is 0 Å². The molecule has 0 spiro atoms. The normalized spacial score (nSPS) is 31.0. The number of ether oxygens (including phenoxy) is 2. The summed E-state index contributed by atoms with van der Waals surface area (Å²) in [4.78, 5) is 0. The number of hydrogen-bond donors (Lipinski definition) is 1. The van der Waals surface area contributed by atoms with Crippen molar-refractivity contribution in [1.82, 2.24) is 5.32 Å². The van der Waals surface area contributed by atoms with Crippen LogP contribution in [0.3, 0.4) is 0 Å². The van der Waals surface area contributed by atoms with Crippen molar-refractivity contribution in [3.63, 3.8) is 0 Å². The van der Waals surface area contributed by atoms with E-state index in [2.05, 4.69) is 12.2 Å². The molecule has 2 saturated carbocycles. The number of hydrogen-bond acceptors (Lipinski definition) is 3. The van der Waals surface area contributed by atoms with E-state index in [-0.39, 0.29) is 5.60 Å². The van der Waals surface area contributed by atoms with Crippen LogP contribution >= 0.6 is 0 Å². The summed E-state index contributed by atoms with van der Waals surface area (Å²) < 4.78 is 12.0. The van der Waals surface area contributed by atoms with Gasteiger partial charge < -0.3 is 14.8 Å². The van der Waals surface area contributed by atoms with Gasteiger partial charge in [-0.3, -0.25) is 0 Å². The molecule has 0 saturated heterocycles. The van der Waals surface area contributed by atoms with E-state index in [0.29, 0.717) is 12.2 Å². The van der Waals surface area contributed by atoms with Crippen molar-refractivity contribution in [1.29, 1.82) is 0 Å². The predicted molar refractivity (Wildman–Crippen MR) is 73.9 cm³/mol. The largest absolute Gasteiger partial charge is 0.381 e. The second-order valence-electron chi connectivity index (χ2n) is 5.90. The fourth-order valence-corrected chi connectivity index (χ4v) is 3.27. The standard InChI is InChI=1S/C15H29NO2/c1-3-16-11-10-15(8-5-9-15)18-14-7-4-6-13(12-14)17-2/h13-14,16H,3-12H2,1-2H3. The lowest BCUT2D eigenvalue weighted by Gasteiger charge is -2.45. The van der Waals surface area contributed by atoms with Crippen LogP contribution in [0.25, 0.3) is 0 Å². The summed E-state index contributed by atoms with van der Waals surface area (Å²) in [5, 5.41) is 3.42. The van der Waals surface area contributed by atoms with Crippen LogP contribution in [0.2, 0.25) is 0 Å². The lowest BCUT2D eigenvalue weighted by molar-refractivity contribution is -0.162. The van der Waals surface area contributed by atoms with E-state index in [4.69, 9.17) is 9.47 Å². The first-order valence-corrected chi connectivity index (χ1v) is 7.69. The molecule has 0 aliphatic heterocycles. The van der Waals surface area contributed by atoms with Crippen LogP contribution in [0, 0.1) is 0 Å². The van der Waals surface area contributed by atoms with Gasteiger partial charge in [-0.2, -0.15) is 0 Å². The van der Waals surface area contributed by atoms with Gasteiger partial charge in [0.05, 0.1) is 17.8 Å². The van der Waals surface area contributed by atoms with Crippen molar-refractivity contribution in [2.24, 2.45) is 0 Å². The van der Waals surface area contributed by atoms with E-state index in [1.54, 1.807) is 0 Å². The van der Waals surface area contributed by atoms with Crippen LogP contribution in [0.1, 0.15) is 58.3 Å². The Morgan fingerprint density at radius 2 is 1.94 bits per heavy atom. The molecule has 2 unspecified atom stereocenters. The fourth-order valence-electron chi connectivity index (χ4n) is 3.27. The zero-order valence-electron chi connectivity index (χ0n) is 12.0. The summed E-state index contributed by atoms with van der Waals surface area (Å²) in [6.45, 7) is 4.32. The van der Waals surface area contributed by atoms with Gasteiger partial charge in [-0.15, -0.1) is 0 Å². The van der Waals surface area contributed by atoms with E-state index in [1.807, 2.05) is 7.11 Å². The molecule has 1 N–H and O–H groups in total. The number of nitrogens with one attached hydrogen (secondary N) is 1. The predicted octanol–water partition coefficient (Wildman–Crippen LogP) is 2.88. The maximum atomic E-state index is 6.47. The molecule has 2 aliphatic rings. The van der Waals surface area contributed by atoms with E-state index in [0.717, 1.165) is 19.5 Å². The van der Waals surface area contributed by atoms with Gasteiger partial charge in [0.2, 0.25) is 0 Å². The van der Waals surface area contributed by atoms with Crippen LogP contribution in [-0.4, -0.2) is 38.0 Å². The molecule has 0 amide bonds. The van der Waals surface area contributed by atoms with E-state index in [1.165, 1.54) is 44.9 Å². The van der Waals surface area contributed by atoms with E-state index < -0.39 is 0 Å². The van der Waals surface area contributed by atoms with Gasteiger partial charge in [-0.1, -0.05) is 6.92 Å². The molecule has 0 aromatic heterocycles. The molecule has 3 nitrogen and oxygen atoms in total. The quantitative estimate of drug-likeness (QED) is 0.710. The Morgan fingerprint density at radius 1 is 1.17 bits per heavy atom. The van der Waals surface area contributed by atoms with Crippen molar-refractivity contribution < 1.29 is 9.47 Å². The first-order chi connectivity index (χ1) is 8.78. The zero-order valence-corrected chi connectivity index (χ0v) is 12.0. The Morgan fingerprint density at radius 3 is 2.56 bits per heavy atom. The molecule has 2 rings (SSSR count). The van der Waals surface area contributed by atoms with Gasteiger partial charge in [0.15, 0.2) is 0 Å². The Bertz CT molecular complexity index is 241. The fraction of sp³-hybridized carbons (Fsp3) is 1.00. The summed E-state index contributed by atoms with van der Waals surface area (Å²) in [6.07, 6.45) is 10.7. The van der Waals surface area contributed by atoms with Crippen molar-refractivity contribution in [2.75, 3.05) is 20.2 Å². The minimum absolute atomic E-state index is 0.197. The highest BCUT2D eigenvalue weighted by atomic mass is 16.5.